The van der Waals surface area contributed by atoms with E-state index in [-0.39, 0.29) is 13.2 Å². The van der Waals surface area contributed by atoms with Gasteiger partial charge in [-0.05, 0) is 6.42 Å². The molecule has 0 radical (unpaired) electrons. The van der Waals surface area contributed by atoms with E-state index in [4.69, 9.17) is 10.5 Å². The Bertz CT molecular complexity index is 127. The average molecular weight is 222 g/mol. The molecule has 0 aromatic heterocycles. The average Bonchev–Trinajstić information content (AvgIpc) is 2.24. The van der Waals surface area contributed by atoms with Crippen LogP contribution in [-0.2, 0) is 14.6 Å². The molecular weight excluding hydrogens is 200 g/mol. The zero-order valence-corrected chi connectivity index (χ0v) is 9.28. The van der Waals surface area contributed by atoms with Crippen molar-refractivity contribution in [3.8, 4) is 0 Å². The third-order valence-electron chi connectivity index (χ3n) is 1.58. The van der Waals surface area contributed by atoms with E-state index in [0.29, 0.717) is 19.7 Å². The van der Waals surface area contributed by atoms with Crippen LogP contribution in [0.1, 0.15) is 19.8 Å². The quantitative estimate of drug-likeness (QED) is 0.250. The summed E-state index contributed by atoms with van der Waals surface area (Å²) in [5.74, 6) is 0. The number of hydrogen-bond acceptors (Lipinski definition) is 6. The SMILES string of the molecule is CCCCOCC(O)COONCCN. The zero-order valence-electron chi connectivity index (χ0n) is 9.28. The van der Waals surface area contributed by atoms with Crippen LogP contribution in [0.15, 0.2) is 0 Å². The highest BCUT2D eigenvalue weighted by molar-refractivity contribution is 4.49. The molecule has 1 atom stereocenters. The summed E-state index contributed by atoms with van der Waals surface area (Å²) in [7, 11) is 0. The topological polar surface area (TPSA) is 86.0 Å². The van der Waals surface area contributed by atoms with Crippen LogP contribution in [0, 0.1) is 0 Å². The first kappa shape index (κ1) is 14.8. The van der Waals surface area contributed by atoms with Gasteiger partial charge in [-0.15, -0.1) is 4.99 Å². The maximum Gasteiger partial charge on any atom is 0.112 e. The maximum absolute atomic E-state index is 9.32. The van der Waals surface area contributed by atoms with Gasteiger partial charge in [0.05, 0.1) is 6.61 Å². The van der Waals surface area contributed by atoms with Gasteiger partial charge in [-0.3, -0.25) is 0 Å². The molecule has 6 nitrogen and oxygen atoms in total. The number of rotatable bonds is 11. The highest BCUT2D eigenvalue weighted by Crippen LogP contribution is 1.91. The third kappa shape index (κ3) is 11.7. The van der Waals surface area contributed by atoms with Crippen molar-refractivity contribution < 1.29 is 19.7 Å². The lowest BCUT2D eigenvalue weighted by Crippen LogP contribution is -2.27. The standard InChI is InChI=1S/C9H22N2O4/c1-2-3-6-13-7-9(12)8-14-15-11-5-4-10/h9,11-12H,2-8,10H2,1H3. The van der Waals surface area contributed by atoms with E-state index in [0.717, 1.165) is 12.8 Å². The number of hydroxylamine groups is 1. The summed E-state index contributed by atoms with van der Waals surface area (Å²) in [6.45, 7) is 4.05. The molecule has 0 heterocycles. The Morgan fingerprint density at radius 2 is 2.20 bits per heavy atom. The minimum atomic E-state index is -0.665. The van der Waals surface area contributed by atoms with Crippen LogP contribution in [0.5, 0.6) is 0 Å². The van der Waals surface area contributed by atoms with E-state index in [1.165, 1.54) is 0 Å². The molecule has 0 aliphatic rings. The summed E-state index contributed by atoms with van der Waals surface area (Å²) in [6.07, 6.45) is 1.42. The van der Waals surface area contributed by atoms with E-state index >= 15 is 0 Å². The molecule has 0 aromatic carbocycles. The van der Waals surface area contributed by atoms with Crippen molar-refractivity contribution in [1.82, 2.24) is 5.48 Å². The Hall–Kier alpha value is -0.240. The molecule has 4 N–H and O–H groups in total. The summed E-state index contributed by atoms with van der Waals surface area (Å²) in [4.78, 5) is 9.18. The van der Waals surface area contributed by atoms with Crippen molar-refractivity contribution in [2.75, 3.05) is 32.9 Å². The molecule has 6 heteroatoms. The number of nitrogens with one attached hydrogen (secondary N) is 1. The summed E-state index contributed by atoms with van der Waals surface area (Å²) in [5, 5.41) is 9.32. The van der Waals surface area contributed by atoms with Crippen molar-refractivity contribution in [3.63, 3.8) is 0 Å². The lowest BCUT2D eigenvalue weighted by molar-refractivity contribution is -0.345. The van der Waals surface area contributed by atoms with Gasteiger partial charge in [0.15, 0.2) is 0 Å². The van der Waals surface area contributed by atoms with Crippen molar-refractivity contribution >= 4 is 0 Å². The molecule has 0 bridgehead atoms. The molecule has 0 amide bonds. The lowest BCUT2D eigenvalue weighted by atomic mass is 10.3. The molecular formula is C9H22N2O4. The fourth-order valence-corrected chi connectivity index (χ4v) is 0.769. The third-order valence-corrected chi connectivity index (χ3v) is 1.58. The number of ether oxygens (including phenoxy) is 1. The molecule has 0 rings (SSSR count). The summed E-state index contributed by atoms with van der Waals surface area (Å²) in [6, 6.07) is 0. The molecule has 0 aromatic rings. The molecule has 0 aliphatic carbocycles. The second kappa shape index (κ2) is 11.8. The first-order valence-electron chi connectivity index (χ1n) is 5.28. The first-order chi connectivity index (χ1) is 7.31. The Kier molecular flexibility index (Phi) is 11.6. The van der Waals surface area contributed by atoms with Gasteiger partial charge in [-0.1, -0.05) is 13.3 Å². The fourth-order valence-electron chi connectivity index (χ4n) is 0.769. The van der Waals surface area contributed by atoms with E-state index < -0.39 is 6.10 Å². The van der Waals surface area contributed by atoms with Crippen LogP contribution < -0.4 is 11.2 Å². The fraction of sp³-hybridized carbons (Fsp3) is 1.00. The van der Waals surface area contributed by atoms with Gasteiger partial charge in [0, 0.05) is 19.7 Å². The smallest absolute Gasteiger partial charge is 0.112 e. The minimum Gasteiger partial charge on any atom is -0.388 e. The Balaban J connectivity index is 3.08. The van der Waals surface area contributed by atoms with E-state index in [1.807, 2.05) is 0 Å². The number of aliphatic hydroxyl groups is 1. The molecule has 0 fully saturated rings. The normalized spacial score (nSPS) is 13.0. The summed E-state index contributed by atoms with van der Waals surface area (Å²) >= 11 is 0. The predicted molar refractivity (Wildman–Crippen MR) is 55.8 cm³/mol. The highest BCUT2D eigenvalue weighted by atomic mass is 17.3. The van der Waals surface area contributed by atoms with E-state index in [2.05, 4.69) is 22.3 Å². The Labute approximate surface area is 90.6 Å². The van der Waals surface area contributed by atoms with Gasteiger partial charge >= 0.3 is 0 Å². The van der Waals surface area contributed by atoms with Gasteiger partial charge in [0.2, 0.25) is 0 Å². The highest BCUT2D eigenvalue weighted by Gasteiger charge is 2.04. The van der Waals surface area contributed by atoms with Crippen molar-refractivity contribution in [2.45, 2.75) is 25.9 Å². The first-order valence-corrected chi connectivity index (χ1v) is 5.28. The largest absolute Gasteiger partial charge is 0.388 e. The second-order valence-corrected chi connectivity index (χ2v) is 3.13. The predicted octanol–water partition coefficient (Wildman–Crippen LogP) is -0.424. The Morgan fingerprint density at radius 3 is 2.87 bits per heavy atom. The van der Waals surface area contributed by atoms with Crippen LogP contribution in [0.25, 0.3) is 0 Å². The van der Waals surface area contributed by atoms with E-state index in [9.17, 15) is 5.11 Å². The second-order valence-electron chi connectivity index (χ2n) is 3.13. The van der Waals surface area contributed by atoms with Crippen LogP contribution in [0.3, 0.4) is 0 Å². The number of hydrogen-bond donors (Lipinski definition) is 3. The molecule has 1 unspecified atom stereocenters. The van der Waals surface area contributed by atoms with E-state index in [1.54, 1.807) is 0 Å². The van der Waals surface area contributed by atoms with Gasteiger partial charge < -0.3 is 15.6 Å². The van der Waals surface area contributed by atoms with Crippen LogP contribution in [0.2, 0.25) is 0 Å². The van der Waals surface area contributed by atoms with Crippen LogP contribution in [-0.4, -0.2) is 44.1 Å². The zero-order chi connectivity index (χ0) is 11.4. The minimum absolute atomic E-state index is 0.0731. The van der Waals surface area contributed by atoms with Gasteiger partial charge in [0.1, 0.15) is 12.7 Å². The van der Waals surface area contributed by atoms with Crippen LogP contribution >= 0.6 is 0 Å². The number of nitrogens with two attached hydrogens (primary N) is 1. The molecule has 0 saturated heterocycles. The molecule has 0 spiro atoms. The van der Waals surface area contributed by atoms with Gasteiger partial charge in [-0.2, -0.15) is 5.48 Å². The summed E-state index contributed by atoms with van der Waals surface area (Å²) < 4.78 is 5.19. The van der Waals surface area contributed by atoms with Crippen molar-refractivity contribution in [3.05, 3.63) is 0 Å². The number of unbranched alkanes of at least 4 members (excludes halogenated alkanes) is 1. The van der Waals surface area contributed by atoms with Crippen molar-refractivity contribution in [2.24, 2.45) is 5.73 Å². The van der Waals surface area contributed by atoms with Crippen LogP contribution in [0.4, 0.5) is 0 Å². The Morgan fingerprint density at radius 1 is 1.40 bits per heavy atom. The molecule has 92 valence electrons. The monoisotopic (exact) mass is 222 g/mol. The van der Waals surface area contributed by atoms with Crippen molar-refractivity contribution in [1.29, 1.82) is 0 Å². The van der Waals surface area contributed by atoms with Gasteiger partial charge in [-0.25, -0.2) is 4.89 Å². The van der Waals surface area contributed by atoms with Gasteiger partial charge in [0.25, 0.3) is 0 Å². The lowest BCUT2D eigenvalue weighted by Gasteiger charge is -2.10. The molecule has 15 heavy (non-hydrogen) atoms. The molecule has 0 saturated carbocycles. The maximum atomic E-state index is 9.32. The number of aliphatic hydroxyl groups excluding tert-OH is 1. The molecule has 0 aliphatic heterocycles. The summed E-state index contributed by atoms with van der Waals surface area (Å²) in [5.41, 5.74) is 7.66.